The van der Waals surface area contributed by atoms with E-state index in [9.17, 15) is 4.79 Å². The van der Waals surface area contributed by atoms with E-state index in [-0.39, 0.29) is 5.78 Å². The van der Waals surface area contributed by atoms with Crippen LogP contribution in [0.5, 0.6) is 0 Å². The molecule has 0 aliphatic rings. The van der Waals surface area contributed by atoms with Crippen LogP contribution in [0, 0.1) is 6.92 Å². The molecular formula is C10H12OS. The Bertz CT molecular complexity index is 320. The van der Waals surface area contributed by atoms with Gasteiger partial charge < -0.3 is 0 Å². The first kappa shape index (κ1) is 9.20. The molecule has 0 aromatic carbocycles. The normalized spacial score (nSPS) is 11.8. The second-order valence-corrected chi connectivity index (χ2v) is 3.80. The van der Waals surface area contributed by atoms with E-state index in [1.807, 2.05) is 18.4 Å². The van der Waals surface area contributed by atoms with E-state index < -0.39 is 0 Å². The SMILES string of the molecule is CC(=O)/C(C)=C/c1sccc1C. The molecule has 0 saturated heterocycles. The van der Waals surface area contributed by atoms with Gasteiger partial charge in [0.15, 0.2) is 5.78 Å². The molecule has 1 aromatic rings. The summed E-state index contributed by atoms with van der Waals surface area (Å²) in [7, 11) is 0. The average Bonchev–Trinajstić information content (AvgIpc) is 2.36. The third-order valence-corrected chi connectivity index (χ3v) is 2.77. The van der Waals surface area contributed by atoms with E-state index in [2.05, 4.69) is 13.0 Å². The average molecular weight is 180 g/mol. The summed E-state index contributed by atoms with van der Waals surface area (Å²) in [6, 6.07) is 2.06. The molecule has 1 heterocycles. The van der Waals surface area contributed by atoms with Crippen LogP contribution in [0.2, 0.25) is 0 Å². The highest BCUT2D eigenvalue weighted by atomic mass is 32.1. The van der Waals surface area contributed by atoms with Crippen molar-refractivity contribution in [3.8, 4) is 0 Å². The van der Waals surface area contributed by atoms with Crippen LogP contribution in [-0.4, -0.2) is 5.78 Å². The Hall–Kier alpha value is -0.890. The molecule has 0 bridgehead atoms. The predicted octanol–water partition coefficient (Wildman–Crippen LogP) is 3.05. The van der Waals surface area contributed by atoms with Gasteiger partial charge in [-0.25, -0.2) is 0 Å². The second kappa shape index (κ2) is 3.68. The Balaban J connectivity index is 2.95. The van der Waals surface area contributed by atoms with Crippen LogP contribution in [-0.2, 0) is 4.79 Å². The Morgan fingerprint density at radius 2 is 2.17 bits per heavy atom. The first-order valence-corrected chi connectivity index (χ1v) is 4.72. The van der Waals surface area contributed by atoms with Crippen LogP contribution < -0.4 is 0 Å². The number of rotatable bonds is 2. The van der Waals surface area contributed by atoms with Gasteiger partial charge >= 0.3 is 0 Å². The minimum absolute atomic E-state index is 0.141. The van der Waals surface area contributed by atoms with Gasteiger partial charge in [-0.2, -0.15) is 0 Å². The maximum absolute atomic E-state index is 10.9. The van der Waals surface area contributed by atoms with Crippen LogP contribution in [0.25, 0.3) is 6.08 Å². The molecule has 1 nitrogen and oxygen atoms in total. The van der Waals surface area contributed by atoms with E-state index in [1.165, 1.54) is 10.4 Å². The molecule has 0 spiro atoms. The van der Waals surface area contributed by atoms with E-state index in [0.717, 1.165) is 5.57 Å². The fourth-order valence-electron chi connectivity index (χ4n) is 0.831. The fourth-order valence-corrected chi connectivity index (χ4v) is 1.75. The molecule has 1 rings (SSSR count). The lowest BCUT2D eigenvalue weighted by Gasteiger charge is -1.93. The number of carbonyl (C=O) groups is 1. The Morgan fingerprint density at radius 3 is 2.58 bits per heavy atom. The van der Waals surface area contributed by atoms with Crippen LogP contribution in [0.3, 0.4) is 0 Å². The molecule has 0 unspecified atom stereocenters. The number of thiophene rings is 1. The Kier molecular flexibility index (Phi) is 2.82. The van der Waals surface area contributed by atoms with Crippen molar-refractivity contribution in [3.05, 3.63) is 27.5 Å². The van der Waals surface area contributed by atoms with Crippen molar-refractivity contribution in [2.45, 2.75) is 20.8 Å². The highest BCUT2D eigenvalue weighted by Crippen LogP contribution is 2.18. The molecule has 12 heavy (non-hydrogen) atoms. The number of hydrogen-bond acceptors (Lipinski definition) is 2. The van der Waals surface area contributed by atoms with Crippen LogP contribution >= 0.6 is 11.3 Å². The number of carbonyl (C=O) groups excluding carboxylic acids is 1. The molecule has 0 aliphatic heterocycles. The van der Waals surface area contributed by atoms with Crippen molar-refractivity contribution < 1.29 is 4.79 Å². The lowest BCUT2D eigenvalue weighted by Crippen LogP contribution is -1.90. The van der Waals surface area contributed by atoms with Gasteiger partial charge in [0.1, 0.15) is 0 Å². The minimum Gasteiger partial charge on any atom is -0.295 e. The topological polar surface area (TPSA) is 17.1 Å². The number of allylic oxidation sites excluding steroid dienone is 1. The Labute approximate surface area is 76.7 Å². The molecule has 0 aliphatic carbocycles. The maximum atomic E-state index is 10.9. The highest BCUT2D eigenvalue weighted by Gasteiger charge is 1.99. The smallest absolute Gasteiger partial charge is 0.155 e. The summed E-state index contributed by atoms with van der Waals surface area (Å²) in [6.07, 6.45) is 1.95. The summed E-state index contributed by atoms with van der Waals surface area (Å²) in [5.41, 5.74) is 2.06. The monoisotopic (exact) mass is 180 g/mol. The van der Waals surface area contributed by atoms with Crippen LogP contribution in [0.1, 0.15) is 24.3 Å². The number of ketones is 1. The van der Waals surface area contributed by atoms with Crippen LogP contribution in [0.15, 0.2) is 17.0 Å². The van der Waals surface area contributed by atoms with Crippen molar-refractivity contribution in [1.29, 1.82) is 0 Å². The van der Waals surface area contributed by atoms with E-state index >= 15 is 0 Å². The van der Waals surface area contributed by atoms with Crippen LogP contribution in [0.4, 0.5) is 0 Å². The van der Waals surface area contributed by atoms with Gasteiger partial charge in [0.25, 0.3) is 0 Å². The number of hydrogen-bond donors (Lipinski definition) is 0. The zero-order valence-electron chi connectivity index (χ0n) is 7.55. The van der Waals surface area contributed by atoms with Gasteiger partial charge in [0, 0.05) is 4.88 Å². The first-order valence-electron chi connectivity index (χ1n) is 3.84. The quantitative estimate of drug-likeness (QED) is 0.639. The van der Waals surface area contributed by atoms with Gasteiger partial charge in [-0.3, -0.25) is 4.79 Å². The predicted molar refractivity (Wildman–Crippen MR) is 53.4 cm³/mol. The highest BCUT2D eigenvalue weighted by molar-refractivity contribution is 7.11. The molecular weight excluding hydrogens is 168 g/mol. The molecule has 2 heteroatoms. The molecule has 0 fully saturated rings. The third-order valence-electron chi connectivity index (χ3n) is 1.80. The summed E-state index contributed by atoms with van der Waals surface area (Å²) in [5, 5.41) is 2.04. The zero-order chi connectivity index (χ0) is 9.14. The van der Waals surface area contributed by atoms with Crippen molar-refractivity contribution in [3.63, 3.8) is 0 Å². The van der Waals surface area contributed by atoms with Crippen molar-refractivity contribution >= 4 is 23.2 Å². The molecule has 0 atom stereocenters. The van der Waals surface area contributed by atoms with E-state index in [4.69, 9.17) is 0 Å². The van der Waals surface area contributed by atoms with Crippen molar-refractivity contribution in [2.24, 2.45) is 0 Å². The molecule has 0 N–H and O–H groups in total. The third kappa shape index (κ3) is 2.05. The van der Waals surface area contributed by atoms with Gasteiger partial charge in [-0.15, -0.1) is 11.3 Å². The lowest BCUT2D eigenvalue weighted by molar-refractivity contribution is -0.113. The summed E-state index contributed by atoms with van der Waals surface area (Å²) in [6.45, 7) is 5.49. The molecule has 0 saturated carbocycles. The Morgan fingerprint density at radius 1 is 1.50 bits per heavy atom. The lowest BCUT2D eigenvalue weighted by atomic mass is 10.1. The minimum atomic E-state index is 0.141. The zero-order valence-corrected chi connectivity index (χ0v) is 8.37. The standard InChI is InChI=1S/C10H12OS/c1-7-4-5-12-10(7)6-8(2)9(3)11/h4-6H,1-3H3/b8-6+. The van der Waals surface area contributed by atoms with Gasteiger partial charge in [0.2, 0.25) is 0 Å². The van der Waals surface area contributed by atoms with Crippen molar-refractivity contribution in [2.75, 3.05) is 0 Å². The van der Waals surface area contributed by atoms with Gasteiger partial charge in [-0.05, 0) is 49.4 Å². The van der Waals surface area contributed by atoms with E-state index in [1.54, 1.807) is 18.3 Å². The summed E-state index contributed by atoms with van der Waals surface area (Å²) >= 11 is 1.67. The fraction of sp³-hybridized carbons (Fsp3) is 0.300. The molecule has 0 radical (unpaired) electrons. The molecule has 0 amide bonds. The second-order valence-electron chi connectivity index (χ2n) is 2.85. The summed E-state index contributed by atoms with van der Waals surface area (Å²) in [4.78, 5) is 12.1. The first-order chi connectivity index (χ1) is 5.61. The number of Topliss-reactive ketones (excluding diaryl/α,β-unsaturated/α-hetero) is 1. The summed E-state index contributed by atoms with van der Waals surface area (Å²) in [5.74, 6) is 0.141. The van der Waals surface area contributed by atoms with Gasteiger partial charge in [-0.1, -0.05) is 0 Å². The summed E-state index contributed by atoms with van der Waals surface area (Å²) < 4.78 is 0. The van der Waals surface area contributed by atoms with Crippen molar-refractivity contribution in [1.82, 2.24) is 0 Å². The van der Waals surface area contributed by atoms with Gasteiger partial charge in [0.05, 0.1) is 0 Å². The maximum Gasteiger partial charge on any atom is 0.155 e. The number of aryl methyl sites for hydroxylation is 1. The largest absolute Gasteiger partial charge is 0.295 e. The molecule has 64 valence electrons. The molecule has 1 aromatic heterocycles. The van der Waals surface area contributed by atoms with E-state index in [0.29, 0.717) is 0 Å².